The Morgan fingerprint density at radius 3 is 2.95 bits per heavy atom. The van der Waals surface area contributed by atoms with Crippen LogP contribution in [-0.4, -0.2) is 15.5 Å². The Bertz CT molecular complexity index is 626. The third-order valence-corrected chi connectivity index (χ3v) is 4.11. The molecule has 1 saturated carbocycles. The van der Waals surface area contributed by atoms with E-state index in [2.05, 4.69) is 33.1 Å². The molecular weight excluding hydrogens is 238 g/mol. The van der Waals surface area contributed by atoms with E-state index < -0.39 is 0 Å². The molecule has 1 aromatic carbocycles. The van der Waals surface area contributed by atoms with Gasteiger partial charge in [-0.05, 0) is 37.5 Å². The highest BCUT2D eigenvalue weighted by Crippen LogP contribution is 2.26. The minimum absolute atomic E-state index is 0.198. The molecule has 3 rings (SSSR count). The van der Waals surface area contributed by atoms with Crippen molar-refractivity contribution in [3.63, 3.8) is 0 Å². The zero-order chi connectivity index (χ0) is 13.4. The fourth-order valence-electron chi connectivity index (χ4n) is 2.48. The fraction of sp³-hybridized carbons (Fsp3) is 0.467. The number of carbonyl (C=O) groups excluding carboxylic acids is 1. The standard InChI is InChI=1S/C15H19N3O/c1-10-17-13-8-11(6-7-14(13)18(10)2)9-16-15(19)12-4-3-5-12/h6-8,12H,3-5,9H2,1-2H3,(H,16,19). The molecule has 1 aliphatic rings. The van der Waals surface area contributed by atoms with Crippen LogP contribution in [0.25, 0.3) is 11.0 Å². The third kappa shape index (κ3) is 2.23. The number of rotatable bonds is 3. The van der Waals surface area contributed by atoms with Crippen molar-refractivity contribution >= 4 is 16.9 Å². The Kier molecular flexibility index (Phi) is 3.01. The van der Waals surface area contributed by atoms with Crippen LogP contribution in [0.4, 0.5) is 0 Å². The second-order valence-electron chi connectivity index (χ2n) is 5.39. The Balaban J connectivity index is 1.72. The highest BCUT2D eigenvalue weighted by atomic mass is 16.1. The zero-order valence-corrected chi connectivity index (χ0v) is 11.4. The molecule has 1 heterocycles. The van der Waals surface area contributed by atoms with E-state index in [4.69, 9.17) is 0 Å². The molecule has 0 radical (unpaired) electrons. The Labute approximate surface area is 112 Å². The van der Waals surface area contributed by atoms with Gasteiger partial charge in [-0.25, -0.2) is 4.98 Å². The first-order chi connectivity index (χ1) is 9.15. The average molecular weight is 257 g/mol. The SMILES string of the molecule is Cc1nc2cc(CNC(=O)C3CCC3)ccc2n1C. The summed E-state index contributed by atoms with van der Waals surface area (Å²) in [5.74, 6) is 1.45. The summed E-state index contributed by atoms with van der Waals surface area (Å²) in [5, 5.41) is 3.01. The first-order valence-electron chi connectivity index (χ1n) is 6.85. The van der Waals surface area contributed by atoms with Crippen LogP contribution in [-0.2, 0) is 18.4 Å². The smallest absolute Gasteiger partial charge is 0.223 e. The number of benzene rings is 1. The average Bonchev–Trinajstić information content (AvgIpc) is 2.60. The van der Waals surface area contributed by atoms with Crippen molar-refractivity contribution < 1.29 is 4.79 Å². The lowest BCUT2D eigenvalue weighted by Crippen LogP contribution is -2.33. The number of aryl methyl sites for hydroxylation is 2. The predicted molar refractivity (Wildman–Crippen MR) is 74.6 cm³/mol. The summed E-state index contributed by atoms with van der Waals surface area (Å²) < 4.78 is 2.08. The lowest BCUT2D eigenvalue weighted by molar-refractivity contribution is -0.127. The van der Waals surface area contributed by atoms with Crippen LogP contribution in [0.1, 0.15) is 30.7 Å². The molecule has 4 heteroatoms. The predicted octanol–water partition coefficient (Wildman–Crippen LogP) is 2.30. The van der Waals surface area contributed by atoms with Gasteiger partial charge in [0.05, 0.1) is 11.0 Å². The van der Waals surface area contributed by atoms with Crippen molar-refractivity contribution in [3.05, 3.63) is 29.6 Å². The van der Waals surface area contributed by atoms with Crippen LogP contribution in [0.2, 0.25) is 0 Å². The van der Waals surface area contributed by atoms with E-state index in [1.165, 1.54) is 6.42 Å². The summed E-state index contributed by atoms with van der Waals surface area (Å²) >= 11 is 0. The number of carbonyl (C=O) groups is 1. The van der Waals surface area contributed by atoms with Gasteiger partial charge < -0.3 is 9.88 Å². The maximum Gasteiger partial charge on any atom is 0.223 e. The van der Waals surface area contributed by atoms with Gasteiger partial charge in [0.1, 0.15) is 5.82 Å². The molecule has 1 aliphatic carbocycles. The van der Waals surface area contributed by atoms with E-state index in [-0.39, 0.29) is 11.8 Å². The van der Waals surface area contributed by atoms with Gasteiger partial charge in [-0.1, -0.05) is 12.5 Å². The first kappa shape index (κ1) is 12.2. The number of nitrogens with one attached hydrogen (secondary N) is 1. The van der Waals surface area contributed by atoms with E-state index in [1.807, 2.05) is 14.0 Å². The van der Waals surface area contributed by atoms with Crippen LogP contribution in [0.5, 0.6) is 0 Å². The van der Waals surface area contributed by atoms with Crippen LogP contribution in [0, 0.1) is 12.8 Å². The number of fused-ring (bicyclic) bond motifs is 1. The highest BCUT2D eigenvalue weighted by molar-refractivity contribution is 5.80. The first-order valence-corrected chi connectivity index (χ1v) is 6.85. The van der Waals surface area contributed by atoms with Gasteiger partial charge in [0.15, 0.2) is 0 Å². The summed E-state index contributed by atoms with van der Waals surface area (Å²) in [6, 6.07) is 6.19. The molecule has 19 heavy (non-hydrogen) atoms. The molecule has 100 valence electrons. The summed E-state index contributed by atoms with van der Waals surface area (Å²) in [7, 11) is 2.02. The number of hydrogen-bond acceptors (Lipinski definition) is 2. The van der Waals surface area contributed by atoms with Gasteiger partial charge in [0.25, 0.3) is 0 Å². The second-order valence-corrected chi connectivity index (χ2v) is 5.39. The van der Waals surface area contributed by atoms with Crippen molar-refractivity contribution in [2.45, 2.75) is 32.7 Å². The lowest BCUT2D eigenvalue weighted by Gasteiger charge is -2.24. The second kappa shape index (κ2) is 4.68. The van der Waals surface area contributed by atoms with Gasteiger partial charge in [-0.2, -0.15) is 0 Å². The molecule has 0 spiro atoms. The Hall–Kier alpha value is -1.84. The molecule has 4 nitrogen and oxygen atoms in total. The van der Waals surface area contributed by atoms with E-state index in [0.29, 0.717) is 6.54 Å². The van der Waals surface area contributed by atoms with Crippen LogP contribution in [0.15, 0.2) is 18.2 Å². The molecule has 1 N–H and O–H groups in total. The molecule has 1 aromatic heterocycles. The molecule has 2 aromatic rings. The minimum atomic E-state index is 0.198. The van der Waals surface area contributed by atoms with E-state index in [9.17, 15) is 4.79 Å². The monoisotopic (exact) mass is 257 g/mol. The van der Waals surface area contributed by atoms with Crippen molar-refractivity contribution in [2.75, 3.05) is 0 Å². The van der Waals surface area contributed by atoms with Gasteiger partial charge in [0.2, 0.25) is 5.91 Å². The number of aromatic nitrogens is 2. The molecule has 0 unspecified atom stereocenters. The normalized spacial score (nSPS) is 15.5. The maximum atomic E-state index is 11.8. The van der Waals surface area contributed by atoms with Crippen molar-refractivity contribution in [1.82, 2.24) is 14.9 Å². The van der Waals surface area contributed by atoms with Gasteiger partial charge in [-0.15, -0.1) is 0 Å². The number of amides is 1. The summed E-state index contributed by atoms with van der Waals surface area (Å²) in [5.41, 5.74) is 3.24. The largest absolute Gasteiger partial charge is 0.352 e. The molecule has 1 amide bonds. The quantitative estimate of drug-likeness (QED) is 0.917. The van der Waals surface area contributed by atoms with Crippen LogP contribution < -0.4 is 5.32 Å². The summed E-state index contributed by atoms with van der Waals surface area (Å²) in [6.45, 7) is 2.60. The van der Waals surface area contributed by atoms with Gasteiger partial charge in [-0.3, -0.25) is 4.79 Å². The maximum absolute atomic E-state index is 11.8. The number of nitrogens with zero attached hydrogens (tertiary/aromatic N) is 2. The molecule has 0 atom stereocenters. The molecule has 1 fully saturated rings. The van der Waals surface area contributed by atoms with Crippen molar-refractivity contribution in [2.24, 2.45) is 13.0 Å². The number of imidazole rings is 1. The topological polar surface area (TPSA) is 46.9 Å². The van der Waals surface area contributed by atoms with Gasteiger partial charge in [0, 0.05) is 19.5 Å². The molecule has 0 saturated heterocycles. The number of hydrogen-bond donors (Lipinski definition) is 1. The minimum Gasteiger partial charge on any atom is -0.352 e. The molecule has 0 bridgehead atoms. The molecule has 0 aliphatic heterocycles. The van der Waals surface area contributed by atoms with Crippen LogP contribution in [0.3, 0.4) is 0 Å². The lowest BCUT2D eigenvalue weighted by atomic mass is 9.85. The highest BCUT2D eigenvalue weighted by Gasteiger charge is 2.24. The van der Waals surface area contributed by atoms with E-state index in [1.54, 1.807) is 0 Å². The van der Waals surface area contributed by atoms with E-state index in [0.717, 1.165) is 35.3 Å². The van der Waals surface area contributed by atoms with Gasteiger partial charge >= 0.3 is 0 Å². The van der Waals surface area contributed by atoms with Crippen molar-refractivity contribution in [3.8, 4) is 0 Å². The Morgan fingerprint density at radius 1 is 1.47 bits per heavy atom. The van der Waals surface area contributed by atoms with Crippen molar-refractivity contribution in [1.29, 1.82) is 0 Å². The van der Waals surface area contributed by atoms with Crippen LogP contribution >= 0.6 is 0 Å². The summed E-state index contributed by atoms with van der Waals surface area (Å²) in [6.07, 6.45) is 3.28. The summed E-state index contributed by atoms with van der Waals surface area (Å²) in [4.78, 5) is 16.3. The zero-order valence-electron chi connectivity index (χ0n) is 11.4. The van der Waals surface area contributed by atoms with E-state index >= 15 is 0 Å². The fourth-order valence-corrected chi connectivity index (χ4v) is 2.48. The Morgan fingerprint density at radius 2 is 2.26 bits per heavy atom. The third-order valence-electron chi connectivity index (χ3n) is 4.11. The molecular formula is C15H19N3O.